The molecule has 0 bridgehead atoms. The molecule has 1 saturated heterocycles. The first-order chi connectivity index (χ1) is 9.06. The van der Waals surface area contributed by atoms with Gasteiger partial charge in [-0.15, -0.1) is 0 Å². The average Bonchev–Trinajstić information content (AvgIpc) is 2.84. The number of nitrogens with one attached hydrogen (secondary N) is 1. The topological polar surface area (TPSA) is 21.3 Å². The SMILES string of the molecule is Cc1cc(Cl)ccc1O[C@@H](CC(C)C)C1CCNC1. The second-order valence-corrected chi connectivity index (χ2v) is 6.38. The van der Waals surface area contributed by atoms with E-state index in [0.29, 0.717) is 17.9 Å². The van der Waals surface area contributed by atoms with Gasteiger partial charge in [0.05, 0.1) is 0 Å². The molecule has 1 N–H and O–H groups in total. The number of halogens is 1. The van der Waals surface area contributed by atoms with Crippen LogP contribution in [0, 0.1) is 18.8 Å². The number of ether oxygens (including phenoxy) is 1. The molecule has 2 rings (SSSR count). The van der Waals surface area contributed by atoms with Crippen LogP contribution in [-0.2, 0) is 0 Å². The van der Waals surface area contributed by atoms with Gasteiger partial charge in [0.15, 0.2) is 0 Å². The Morgan fingerprint density at radius 3 is 2.79 bits per heavy atom. The lowest BCUT2D eigenvalue weighted by Crippen LogP contribution is -2.30. The highest BCUT2D eigenvalue weighted by molar-refractivity contribution is 6.30. The average molecular weight is 282 g/mol. The number of hydrogen-bond acceptors (Lipinski definition) is 2. The molecule has 0 radical (unpaired) electrons. The van der Waals surface area contributed by atoms with Gasteiger partial charge < -0.3 is 10.1 Å². The normalized spacial score (nSPS) is 20.8. The molecule has 1 aliphatic heterocycles. The van der Waals surface area contributed by atoms with E-state index >= 15 is 0 Å². The van der Waals surface area contributed by atoms with Crippen LogP contribution in [0.15, 0.2) is 18.2 Å². The molecule has 2 nitrogen and oxygen atoms in total. The molecule has 19 heavy (non-hydrogen) atoms. The molecule has 1 aromatic rings. The second-order valence-electron chi connectivity index (χ2n) is 5.95. The van der Waals surface area contributed by atoms with Crippen LogP contribution in [0.3, 0.4) is 0 Å². The molecule has 3 heteroatoms. The molecule has 1 aliphatic rings. The zero-order valence-electron chi connectivity index (χ0n) is 12.1. The van der Waals surface area contributed by atoms with Gasteiger partial charge in [-0.2, -0.15) is 0 Å². The fourth-order valence-electron chi connectivity index (χ4n) is 2.70. The summed E-state index contributed by atoms with van der Waals surface area (Å²) in [5.74, 6) is 2.25. The first kappa shape index (κ1) is 14.7. The van der Waals surface area contributed by atoms with Crippen LogP contribution < -0.4 is 10.1 Å². The molecule has 1 heterocycles. The molecule has 1 unspecified atom stereocenters. The highest BCUT2D eigenvalue weighted by Crippen LogP contribution is 2.28. The Hall–Kier alpha value is -0.730. The fraction of sp³-hybridized carbons (Fsp3) is 0.625. The Labute approximate surface area is 121 Å². The Kier molecular flexibility index (Phi) is 5.12. The van der Waals surface area contributed by atoms with Crippen molar-refractivity contribution in [1.82, 2.24) is 5.32 Å². The molecule has 106 valence electrons. The predicted octanol–water partition coefficient (Wildman–Crippen LogP) is 4.05. The summed E-state index contributed by atoms with van der Waals surface area (Å²) >= 11 is 6.00. The second kappa shape index (κ2) is 6.62. The maximum atomic E-state index is 6.30. The summed E-state index contributed by atoms with van der Waals surface area (Å²) < 4.78 is 6.30. The lowest BCUT2D eigenvalue weighted by molar-refractivity contribution is 0.119. The van der Waals surface area contributed by atoms with E-state index in [2.05, 4.69) is 26.1 Å². The molecular formula is C16H24ClNO. The summed E-state index contributed by atoms with van der Waals surface area (Å²) in [6.07, 6.45) is 2.62. The van der Waals surface area contributed by atoms with Gasteiger partial charge >= 0.3 is 0 Å². The van der Waals surface area contributed by atoms with Crippen molar-refractivity contribution in [3.8, 4) is 5.75 Å². The van der Waals surface area contributed by atoms with Crippen LogP contribution in [0.5, 0.6) is 5.75 Å². The van der Waals surface area contributed by atoms with Gasteiger partial charge in [0.1, 0.15) is 11.9 Å². The third kappa shape index (κ3) is 4.12. The van der Waals surface area contributed by atoms with Crippen LogP contribution in [-0.4, -0.2) is 19.2 Å². The third-order valence-corrected chi connectivity index (χ3v) is 3.98. The number of aryl methyl sites for hydroxylation is 1. The molecular weight excluding hydrogens is 258 g/mol. The zero-order valence-corrected chi connectivity index (χ0v) is 12.8. The monoisotopic (exact) mass is 281 g/mol. The predicted molar refractivity (Wildman–Crippen MR) is 81.0 cm³/mol. The smallest absolute Gasteiger partial charge is 0.122 e. The first-order valence-electron chi connectivity index (χ1n) is 7.19. The maximum absolute atomic E-state index is 6.30. The van der Waals surface area contributed by atoms with Gasteiger partial charge in [-0.05, 0) is 56.0 Å². The molecule has 0 aromatic heterocycles. The van der Waals surface area contributed by atoms with E-state index in [9.17, 15) is 0 Å². The Balaban J connectivity index is 2.09. The quantitative estimate of drug-likeness (QED) is 0.879. The van der Waals surface area contributed by atoms with Gasteiger partial charge in [0.25, 0.3) is 0 Å². The largest absolute Gasteiger partial charge is 0.490 e. The van der Waals surface area contributed by atoms with Gasteiger partial charge in [-0.1, -0.05) is 25.4 Å². The van der Waals surface area contributed by atoms with Crippen LogP contribution in [0.2, 0.25) is 5.02 Å². The van der Waals surface area contributed by atoms with Gasteiger partial charge in [0, 0.05) is 17.5 Å². The van der Waals surface area contributed by atoms with Crippen LogP contribution in [0.4, 0.5) is 0 Å². The highest BCUT2D eigenvalue weighted by Gasteiger charge is 2.27. The Bertz CT molecular complexity index is 413. The van der Waals surface area contributed by atoms with Gasteiger partial charge in [-0.25, -0.2) is 0 Å². The van der Waals surface area contributed by atoms with E-state index in [1.165, 1.54) is 6.42 Å². The van der Waals surface area contributed by atoms with E-state index in [1.807, 2.05) is 18.2 Å². The summed E-state index contributed by atoms with van der Waals surface area (Å²) in [5.41, 5.74) is 1.12. The van der Waals surface area contributed by atoms with Crippen LogP contribution in [0.1, 0.15) is 32.3 Å². The van der Waals surface area contributed by atoms with E-state index < -0.39 is 0 Å². The Morgan fingerprint density at radius 2 is 2.21 bits per heavy atom. The van der Waals surface area contributed by atoms with E-state index in [-0.39, 0.29) is 0 Å². The van der Waals surface area contributed by atoms with E-state index in [4.69, 9.17) is 16.3 Å². The lowest BCUT2D eigenvalue weighted by atomic mass is 9.93. The summed E-state index contributed by atoms with van der Waals surface area (Å²) in [7, 11) is 0. The summed E-state index contributed by atoms with van der Waals surface area (Å²) in [6, 6.07) is 5.87. The van der Waals surface area contributed by atoms with Crippen molar-refractivity contribution in [2.75, 3.05) is 13.1 Å². The Morgan fingerprint density at radius 1 is 1.42 bits per heavy atom. The maximum Gasteiger partial charge on any atom is 0.122 e. The molecule has 2 atom stereocenters. The number of benzene rings is 1. The zero-order chi connectivity index (χ0) is 13.8. The minimum Gasteiger partial charge on any atom is -0.490 e. The minimum atomic E-state index is 0.301. The lowest BCUT2D eigenvalue weighted by Gasteiger charge is -2.26. The summed E-state index contributed by atoms with van der Waals surface area (Å²) in [4.78, 5) is 0. The van der Waals surface area contributed by atoms with Gasteiger partial charge in [0.2, 0.25) is 0 Å². The minimum absolute atomic E-state index is 0.301. The number of hydrogen-bond donors (Lipinski definition) is 1. The molecule has 0 aliphatic carbocycles. The van der Waals surface area contributed by atoms with Crippen molar-refractivity contribution in [3.63, 3.8) is 0 Å². The van der Waals surface area contributed by atoms with E-state index in [1.54, 1.807) is 0 Å². The molecule has 0 saturated carbocycles. The van der Waals surface area contributed by atoms with Crippen molar-refractivity contribution >= 4 is 11.6 Å². The highest BCUT2D eigenvalue weighted by atomic mass is 35.5. The third-order valence-electron chi connectivity index (χ3n) is 3.74. The van der Waals surface area contributed by atoms with Crippen LogP contribution in [0.25, 0.3) is 0 Å². The molecule has 0 amide bonds. The van der Waals surface area contributed by atoms with Crippen molar-refractivity contribution in [3.05, 3.63) is 28.8 Å². The standard InChI is InChI=1S/C16H24ClNO/c1-11(2)8-16(13-6-7-18-10-13)19-15-5-4-14(17)9-12(15)3/h4-5,9,11,13,16,18H,6-8,10H2,1-3H3/t13?,16-/m0/s1. The van der Waals surface area contributed by atoms with Crippen molar-refractivity contribution in [1.29, 1.82) is 0 Å². The van der Waals surface area contributed by atoms with Crippen molar-refractivity contribution < 1.29 is 4.74 Å². The molecule has 0 spiro atoms. The number of rotatable bonds is 5. The molecule has 1 aromatic carbocycles. The summed E-state index contributed by atoms with van der Waals surface area (Å²) in [6.45, 7) is 8.76. The fourth-order valence-corrected chi connectivity index (χ4v) is 2.93. The molecule has 1 fully saturated rings. The van der Waals surface area contributed by atoms with Crippen molar-refractivity contribution in [2.45, 2.75) is 39.7 Å². The first-order valence-corrected chi connectivity index (χ1v) is 7.57. The van der Waals surface area contributed by atoms with E-state index in [0.717, 1.165) is 35.8 Å². The van der Waals surface area contributed by atoms with Crippen LogP contribution >= 0.6 is 11.6 Å². The van der Waals surface area contributed by atoms with Gasteiger partial charge in [-0.3, -0.25) is 0 Å². The summed E-state index contributed by atoms with van der Waals surface area (Å²) in [5, 5.41) is 4.21. The van der Waals surface area contributed by atoms with Crippen molar-refractivity contribution in [2.24, 2.45) is 11.8 Å².